The summed E-state index contributed by atoms with van der Waals surface area (Å²) in [4.78, 5) is 10.5. The van der Waals surface area contributed by atoms with Gasteiger partial charge in [0, 0.05) is 14.0 Å². The van der Waals surface area contributed by atoms with E-state index in [2.05, 4.69) is 10.4 Å². The van der Waals surface area contributed by atoms with Crippen LogP contribution in [0.2, 0.25) is 0 Å². The Labute approximate surface area is 74.2 Å². The second-order valence-electron chi connectivity index (χ2n) is 2.63. The number of aromatic hydroxyl groups is 1. The third kappa shape index (κ3) is 1.95. The Balaban J connectivity index is 2.81. The predicted octanol–water partition coefficient (Wildman–Crippen LogP) is -0.0991. The van der Waals surface area contributed by atoms with Crippen molar-refractivity contribution in [1.82, 2.24) is 15.1 Å². The molecule has 1 heterocycles. The van der Waals surface area contributed by atoms with Crippen LogP contribution < -0.4 is 5.32 Å². The van der Waals surface area contributed by atoms with E-state index in [1.54, 1.807) is 0 Å². The van der Waals surface area contributed by atoms with Crippen LogP contribution in [-0.2, 0) is 18.4 Å². The Kier molecular flexibility index (Phi) is 2.50. The lowest BCUT2D eigenvalue weighted by atomic mass is 10.3. The molecule has 0 saturated carbocycles. The van der Waals surface area contributed by atoms with E-state index in [0.717, 1.165) is 4.68 Å². The molecule has 0 unspecified atom stereocenters. The average Bonchev–Trinajstić information content (AvgIpc) is 2.24. The second kappa shape index (κ2) is 3.42. The van der Waals surface area contributed by atoms with Gasteiger partial charge in [0.1, 0.15) is 0 Å². The van der Waals surface area contributed by atoms with Crippen LogP contribution >= 0.6 is 0 Å². The van der Waals surface area contributed by atoms with Gasteiger partial charge in [0.15, 0.2) is 0 Å². The molecule has 1 rings (SSSR count). The Hall–Kier alpha value is -1.59. The number of aromatic nitrogens is 2. The average molecular weight is 187 g/mol. The van der Waals surface area contributed by atoms with Crippen LogP contribution in [0.5, 0.6) is 5.88 Å². The van der Waals surface area contributed by atoms with Gasteiger partial charge in [-0.05, 0) is 0 Å². The first kappa shape index (κ1) is 9.50. The minimum atomic E-state index is -0.647. The third-order valence-corrected chi connectivity index (χ3v) is 1.56. The number of halogens is 1. The minimum absolute atomic E-state index is 0.00213. The lowest BCUT2D eigenvalue weighted by Crippen LogP contribution is -2.19. The molecule has 0 spiro atoms. The molecule has 6 heteroatoms. The topological polar surface area (TPSA) is 67.2 Å². The number of hydrogen-bond acceptors (Lipinski definition) is 3. The Morgan fingerprint density at radius 3 is 2.77 bits per heavy atom. The molecular formula is C7H10FN3O2. The van der Waals surface area contributed by atoms with Crippen molar-refractivity contribution in [3.8, 4) is 5.88 Å². The monoisotopic (exact) mass is 187 g/mol. The lowest BCUT2D eigenvalue weighted by molar-refractivity contribution is -0.119. The lowest BCUT2D eigenvalue weighted by Gasteiger charge is -1.98. The van der Waals surface area contributed by atoms with Crippen LogP contribution in [0.25, 0.3) is 0 Å². The first-order valence-electron chi connectivity index (χ1n) is 3.67. The fraction of sp³-hybridized carbons (Fsp3) is 0.429. The fourth-order valence-electron chi connectivity index (χ4n) is 0.899. The van der Waals surface area contributed by atoms with E-state index in [1.807, 2.05) is 0 Å². The van der Waals surface area contributed by atoms with Crippen LogP contribution in [0.4, 0.5) is 4.39 Å². The molecule has 0 saturated heterocycles. The standard InChI is InChI=1S/C7H10FN3O2/c1-4(12)9-3-5-6(8)11(2)10-7(5)13/h3H2,1-2H3,(H,9,12)(H,10,13). The SMILES string of the molecule is CC(=O)NCc1c(O)nn(C)c1F. The van der Waals surface area contributed by atoms with Crippen LogP contribution in [0.15, 0.2) is 0 Å². The third-order valence-electron chi connectivity index (χ3n) is 1.56. The zero-order chi connectivity index (χ0) is 10.0. The van der Waals surface area contributed by atoms with Gasteiger partial charge in [-0.25, -0.2) is 4.68 Å². The second-order valence-corrected chi connectivity index (χ2v) is 2.63. The van der Waals surface area contributed by atoms with Crippen LogP contribution in [-0.4, -0.2) is 20.8 Å². The van der Waals surface area contributed by atoms with Gasteiger partial charge < -0.3 is 10.4 Å². The minimum Gasteiger partial charge on any atom is -0.492 e. The van der Waals surface area contributed by atoms with E-state index in [9.17, 15) is 9.18 Å². The first-order chi connectivity index (χ1) is 6.02. The summed E-state index contributed by atoms with van der Waals surface area (Å²) in [6, 6.07) is 0. The molecule has 0 radical (unpaired) electrons. The first-order valence-corrected chi connectivity index (χ1v) is 3.67. The molecule has 0 aliphatic heterocycles. The molecule has 1 amide bonds. The van der Waals surface area contributed by atoms with E-state index < -0.39 is 11.8 Å². The van der Waals surface area contributed by atoms with Crippen molar-refractivity contribution in [3.63, 3.8) is 0 Å². The summed E-state index contributed by atoms with van der Waals surface area (Å²) in [5.41, 5.74) is -0.00213. The van der Waals surface area contributed by atoms with E-state index in [-0.39, 0.29) is 18.0 Å². The van der Waals surface area contributed by atoms with E-state index >= 15 is 0 Å². The van der Waals surface area contributed by atoms with Crippen LogP contribution in [0.3, 0.4) is 0 Å². The molecule has 0 aliphatic rings. The maximum atomic E-state index is 13.1. The fourth-order valence-corrected chi connectivity index (χ4v) is 0.899. The Morgan fingerprint density at radius 2 is 2.38 bits per heavy atom. The summed E-state index contributed by atoms with van der Waals surface area (Å²) in [5, 5.41) is 14.9. The molecule has 2 N–H and O–H groups in total. The van der Waals surface area contributed by atoms with E-state index in [4.69, 9.17) is 5.11 Å². The van der Waals surface area contributed by atoms with Crippen molar-refractivity contribution in [3.05, 3.63) is 11.5 Å². The highest BCUT2D eigenvalue weighted by atomic mass is 19.1. The molecule has 0 aliphatic carbocycles. The van der Waals surface area contributed by atoms with Gasteiger partial charge in [-0.15, -0.1) is 5.10 Å². The van der Waals surface area contributed by atoms with Crippen molar-refractivity contribution >= 4 is 5.91 Å². The zero-order valence-corrected chi connectivity index (χ0v) is 7.33. The van der Waals surface area contributed by atoms with E-state index in [1.165, 1.54) is 14.0 Å². The number of nitrogens with zero attached hydrogens (tertiary/aromatic N) is 2. The maximum absolute atomic E-state index is 13.1. The molecule has 13 heavy (non-hydrogen) atoms. The van der Waals surface area contributed by atoms with Crippen molar-refractivity contribution < 1.29 is 14.3 Å². The Morgan fingerprint density at radius 1 is 1.77 bits per heavy atom. The van der Waals surface area contributed by atoms with Crippen molar-refractivity contribution in [1.29, 1.82) is 0 Å². The summed E-state index contributed by atoms with van der Waals surface area (Å²) in [7, 11) is 1.37. The summed E-state index contributed by atoms with van der Waals surface area (Å²) < 4.78 is 14.0. The van der Waals surface area contributed by atoms with Gasteiger partial charge in [0.05, 0.1) is 12.1 Å². The summed E-state index contributed by atoms with van der Waals surface area (Å²) >= 11 is 0. The molecular weight excluding hydrogens is 177 g/mol. The van der Waals surface area contributed by atoms with Gasteiger partial charge in [-0.2, -0.15) is 4.39 Å². The van der Waals surface area contributed by atoms with Gasteiger partial charge in [-0.3, -0.25) is 4.79 Å². The number of nitrogens with one attached hydrogen (secondary N) is 1. The van der Waals surface area contributed by atoms with Crippen molar-refractivity contribution in [2.24, 2.45) is 7.05 Å². The predicted molar refractivity (Wildman–Crippen MR) is 42.4 cm³/mol. The normalized spacial score (nSPS) is 10.1. The molecule has 0 aromatic carbocycles. The summed E-state index contributed by atoms with van der Waals surface area (Å²) in [5.74, 6) is -1.33. The number of hydrogen-bond donors (Lipinski definition) is 2. The summed E-state index contributed by atoms with van der Waals surface area (Å²) in [6.45, 7) is 1.26. The molecule has 1 aromatic rings. The number of amides is 1. The molecule has 0 atom stereocenters. The highest BCUT2D eigenvalue weighted by molar-refractivity contribution is 5.72. The number of carbonyl (C=O) groups is 1. The van der Waals surface area contributed by atoms with Gasteiger partial charge in [0.25, 0.3) is 0 Å². The number of carbonyl (C=O) groups excluding carboxylic acids is 1. The highest BCUT2D eigenvalue weighted by Gasteiger charge is 2.14. The van der Waals surface area contributed by atoms with Crippen molar-refractivity contribution in [2.75, 3.05) is 0 Å². The summed E-state index contributed by atoms with van der Waals surface area (Å²) in [6.07, 6.45) is 0. The largest absolute Gasteiger partial charge is 0.492 e. The zero-order valence-electron chi connectivity index (χ0n) is 7.33. The van der Waals surface area contributed by atoms with Crippen LogP contribution in [0.1, 0.15) is 12.5 Å². The maximum Gasteiger partial charge on any atom is 0.238 e. The van der Waals surface area contributed by atoms with Gasteiger partial charge in [0.2, 0.25) is 17.7 Å². The van der Waals surface area contributed by atoms with Gasteiger partial charge >= 0.3 is 0 Å². The highest BCUT2D eigenvalue weighted by Crippen LogP contribution is 2.17. The molecule has 1 aromatic heterocycles. The number of rotatable bonds is 2. The smallest absolute Gasteiger partial charge is 0.238 e. The van der Waals surface area contributed by atoms with E-state index in [0.29, 0.717) is 0 Å². The Bertz CT molecular complexity index is 335. The molecule has 72 valence electrons. The molecule has 0 fully saturated rings. The van der Waals surface area contributed by atoms with Crippen LogP contribution in [0, 0.1) is 5.95 Å². The molecule has 0 bridgehead atoms. The quantitative estimate of drug-likeness (QED) is 0.679. The van der Waals surface area contributed by atoms with Gasteiger partial charge in [-0.1, -0.05) is 0 Å². The van der Waals surface area contributed by atoms with Crippen molar-refractivity contribution in [2.45, 2.75) is 13.5 Å². The molecule has 5 nitrogen and oxygen atoms in total. The number of aryl methyl sites for hydroxylation is 1.